The lowest BCUT2D eigenvalue weighted by molar-refractivity contribution is -0.385. The highest BCUT2D eigenvalue weighted by Crippen LogP contribution is 2.22. The fraction of sp³-hybridized carbons (Fsp3) is 0.455. The van der Waals surface area contributed by atoms with E-state index in [2.05, 4.69) is 10.3 Å². The third-order valence-corrected chi connectivity index (χ3v) is 3.14. The van der Waals surface area contributed by atoms with E-state index in [1.54, 1.807) is 4.90 Å². The lowest BCUT2D eigenvalue weighted by atomic mass is 10.1. The van der Waals surface area contributed by atoms with Crippen molar-refractivity contribution in [2.24, 2.45) is 0 Å². The number of nitro groups is 1. The van der Waals surface area contributed by atoms with E-state index >= 15 is 0 Å². The summed E-state index contributed by atoms with van der Waals surface area (Å²) >= 11 is 5.72. The van der Waals surface area contributed by atoms with Crippen LogP contribution < -0.4 is 5.32 Å². The Labute approximate surface area is 114 Å². The van der Waals surface area contributed by atoms with E-state index in [1.165, 1.54) is 6.07 Å². The lowest BCUT2D eigenvalue weighted by Gasteiger charge is -2.31. The molecule has 1 amide bonds. The fourth-order valence-electron chi connectivity index (χ4n) is 2.03. The maximum atomic E-state index is 12.3. The van der Waals surface area contributed by atoms with Crippen molar-refractivity contribution >= 4 is 23.2 Å². The van der Waals surface area contributed by atoms with Gasteiger partial charge in [-0.15, -0.1) is 0 Å². The molecule has 1 atom stereocenters. The third kappa shape index (κ3) is 2.99. The van der Waals surface area contributed by atoms with Gasteiger partial charge in [0.25, 0.3) is 11.6 Å². The van der Waals surface area contributed by atoms with Gasteiger partial charge in [0.05, 0.1) is 4.92 Å². The molecule has 2 rings (SSSR count). The molecule has 1 fully saturated rings. The molecule has 0 saturated carbocycles. The van der Waals surface area contributed by atoms with Crippen LogP contribution in [0.15, 0.2) is 12.3 Å². The normalized spacial score (nSPS) is 19.3. The molecule has 7 nitrogen and oxygen atoms in total. The third-order valence-electron chi connectivity index (χ3n) is 2.93. The van der Waals surface area contributed by atoms with E-state index in [0.717, 1.165) is 6.20 Å². The first-order valence-electron chi connectivity index (χ1n) is 5.81. The molecule has 0 aliphatic carbocycles. The first-order chi connectivity index (χ1) is 8.99. The summed E-state index contributed by atoms with van der Waals surface area (Å²) in [7, 11) is 0. The van der Waals surface area contributed by atoms with Crippen LogP contribution in [-0.2, 0) is 0 Å². The number of nitrogens with one attached hydrogen (secondary N) is 1. The summed E-state index contributed by atoms with van der Waals surface area (Å²) in [6, 6.07) is 1.41. The first-order valence-corrected chi connectivity index (χ1v) is 6.19. The highest BCUT2D eigenvalue weighted by atomic mass is 35.5. The molecule has 1 N–H and O–H groups in total. The van der Waals surface area contributed by atoms with Crippen LogP contribution in [0.4, 0.5) is 5.69 Å². The monoisotopic (exact) mass is 284 g/mol. The molecule has 102 valence electrons. The second-order valence-corrected chi connectivity index (χ2v) is 4.77. The summed E-state index contributed by atoms with van der Waals surface area (Å²) in [5.74, 6) is -0.385. The molecule has 8 heteroatoms. The van der Waals surface area contributed by atoms with E-state index in [9.17, 15) is 14.9 Å². The van der Waals surface area contributed by atoms with Crippen LogP contribution in [0, 0.1) is 10.1 Å². The van der Waals surface area contributed by atoms with Gasteiger partial charge in [-0.25, -0.2) is 4.98 Å². The molecule has 0 radical (unpaired) electrons. The van der Waals surface area contributed by atoms with Gasteiger partial charge in [-0.05, 0) is 13.0 Å². The molecule has 2 heterocycles. The molecule has 1 unspecified atom stereocenters. The fourth-order valence-corrected chi connectivity index (χ4v) is 2.18. The van der Waals surface area contributed by atoms with Crippen molar-refractivity contribution < 1.29 is 9.72 Å². The quantitative estimate of drug-likeness (QED) is 0.499. The molecule has 1 aromatic heterocycles. The molecule has 0 spiro atoms. The Morgan fingerprint density at radius 2 is 2.42 bits per heavy atom. The molecule has 1 aliphatic heterocycles. The van der Waals surface area contributed by atoms with Crippen LogP contribution in [0.2, 0.25) is 5.15 Å². The van der Waals surface area contributed by atoms with Crippen molar-refractivity contribution in [2.45, 2.75) is 13.0 Å². The van der Waals surface area contributed by atoms with Crippen LogP contribution in [0.1, 0.15) is 17.3 Å². The molecule has 1 aromatic rings. The summed E-state index contributed by atoms with van der Waals surface area (Å²) in [4.78, 5) is 27.9. The second-order valence-electron chi connectivity index (χ2n) is 4.39. The van der Waals surface area contributed by atoms with Crippen molar-refractivity contribution in [3.05, 3.63) is 33.1 Å². The van der Waals surface area contributed by atoms with Gasteiger partial charge in [0.2, 0.25) is 0 Å². The molecule has 1 saturated heterocycles. The van der Waals surface area contributed by atoms with Crippen molar-refractivity contribution in [3.8, 4) is 0 Å². The smallest absolute Gasteiger partial charge is 0.300 e. The maximum Gasteiger partial charge on any atom is 0.300 e. The largest absolute Gasteiger partial charge is 0.336 e. The minimum atomic E-state index is -0.623. The Morgan fingerprint density at radius 1 is 1.68 bits per heavy atom. The summed E-state index contributed by atoms with van der Waals surface area (Å²) in [6.07, 6.45) is 1.02. The number of piperazine rings is 1. The highest BCUT2D eigenvalue weighted by Gasteiger charge is 2.28. The number of aromatic nitrogens is 1. The maximum absolute atomic E-state index is 12.3. The summed E-state index contributed by atoms with van der Waals surface area (Å²) in [5, 5.41) is 14.2. The minimum Gasteiger partial charge on any atom is -0.336 e. The number of hydrogen-bond acceptors (Lipinski definition) is 5. The number of pyridine rings is 1. The van der Waals surface area contributed by atoms with E-state index in [0.29, 0.717) is 19.6 Å². The Hall–Kier alpha value is -1.73. The van der Waals surface area contributed by atoms with E-state index < -0.39 is 4.92 Å². The molecule has 0 bridgehead atoms. The van der Waals surface area contributed by atoms with Crippen LogP contribution in [0.25, 0.3) is 0 Å². The zero-order valence-corrected chi connectivity index (χ0v) is 11.1. The second kappa shape index (κ2) is 5.50. The van der Waals surface area contributed by atoms with Gasteiger partial charge >= 0.3 is 0 Å². The van der Waals surface area contributed by atoms with Gasteiger partial charge in [0.1, 0.15) is 16.9 Å². The molecular formula is C11H13ClN4O3. The predicted molar refractivity (Wildman–Crippen MR) is 69.3 cm³/mol. The van der Waals surface area contributed by atoms with Gasteiger partial charge in [-0.2, -0.15) is 0 Å². The van der Waals surface area contributed by atoms with Crippen LogP contribution in [0.5, 0.6) is 0 Å². The van der Waals surface area contributed by atoms with Crippen molar-refractivity contribution in [1.82, 2.24) is 15.2 Å². The Kier molecular flexibility index (Phi) is 3.96. The zero-order chi connectivity index (χ0) is 14.0. The van der Waals surface area contributed by atoms with E-state index in [1.807, 2.05) is 6.92 Å². The Morgan fingerprint density at radius 3 is 3.05 bits per heavy atom. The number of nitrogens with zero attached hydrogens (tertiary/aromatic N) is 3. The highest BCUT2D eigenvalue weighted by molar-refractivity contribution is 6.29. The van der Waals surface area contributed by atoms with Gasteiger partial charge in [-0.3, -0.25) is 14.9 Å². The lowest BCUT2D eigenvalue weighted by Crippen LogP contribution is -2.51. The molecular weight excluding hydrogens is 272 g/mol. The van der Waals surface area contributed by atoms with Gasteiger partial charge in [0.15, 0.2) is 0 Å². The first kappa shape index (κ1) is 13.7. The number of carbonyl (C=O) groups excluding carboxylic acids is 1. The molecule has 1 aliphatic rings. The standard InChI is InChI=1S/C11H13ClN4O3/c1-7-6-15(3-2-13-7)11(17)8-4-10(12)14-5-9(8)16(18)19/h4-5,7,13H,2-3,6H2,1H3. The van der Waals surface area contributed by atoms with Gasteiger partial charge < -0.3 is 10.2 Å². The molecule has 0 aromatic carbocycles. The summed E-state index contributed by atoms with van der Waals surface area (Å²) in [5.41, 5.74) is -0.334. The van der Waals surface area contributed by atoms with E-state index in [-0.39, 0.29) is 28.4 Å². The Balaban J connectivity index is 2.32. The van der Waals surface area contributed by atoms with Gasteiger partial charge in [-0.1, -0.05) is 11.6 Å². The predicted octanol–water partition coefficient (Wildman–Crippen LogP) is 1.08. The van der Waals surface area contributed by atoms with Crippen molar-refractivity contribution in [3.63, 3.8) is 0 Å². The SMILES string of the molecule is CC1CN(C(=O)c2cc(Cl)ncc2[N+](=O)[O-])CCN1. The minimum absolute atomic E-state index is 0.0147. The topological polar surface area (TPSA) is 88.4 Å². The average molecular weight is 285 g/mol. The zero-order valence-electron chi connectivity index (χ0n) is 10.3. The average Bonchev–Trinajstić information content (AvgIpc) is 2.37. The Bertz CT molecular complexity index is 523. The number of hydrogen-bond donors (Lipinski definition) is 1. The molecule has 19 heavy (non-hydrogen) atoms. The number of amides is 1. The van der Waals surface area contributed by atoms with Gasteiger partial charge in [0, 0.05) is 25.7 Å². The number of carbonyl (C=O) groups is 1. The number of rotatable bonds is 2. The van der Waals surface area contributed by atoms with Crippen molar-refractivity contribution in [2.75, 3.05) is 19.6 Å². The number of halogens is 1. The van der Waals surface area contributed by atoms with Crippen LogP contribution in [0.3, 0.4) is 0 Å². The van der Waals surface area contributed by atoms with Crippen LogP contribution >= 0.6 is 11.6 Å². The van der Waals surface area contributed by atoms with E-state index in [4.69, 9.17) is 11.6 Å². The van der Waals surface area contributed by atoms with Crippen LogP contribution in [-0.4, -0.2) is 46.4 Å². The van der Waals surface area contributed by atoms with Crippen molar-refractivity contribution in [1.29, 1.82) is 0 Å². The summed E-state index contributed by atoms with van der Waals surface area (Å²) < 4.78 is 0. The summed E-state index contributed by atoms with van der Waals surface area (Å²) in [6.45, 7) is 3.64.